The van der Waals surface area contributed by atoms with Crippen LogP contribution in [0.25, 0.3) is 0 Å². The number of carbonyl (C=O) groups is 1. The van der Waals surface area contributed by atoms with Gasteiger partial charge in [-0.3, -0.25) is 0 Å². The lowest BCUT2D eigenvalue weighted by Crippen LogP contribution is -3.13. The van der Waals surface area contributed by atoms with Crippen LogP contribution >= 0.6 is 0 Å². The van der Waals surface area contributed by atoms with Gasteiger partial charge in [0.1, 0.15) is 26.0 Å². The third-order valence-electron chi connectivity index (χ3n) is 7.38. The molecule has 2 aliphatic rings. The number of piperidine rings is 1. The van der Waals surface area contributed by atoms with E-state index in [2.05, 4.69) is 43.8 Å². The van der Waals surface area contributed by atoms with Crippen LogP contribution in [-0.2, 0) is 16.1 Å². The average Bonchev–Trinajstić information content (AvgIpc) is 3.33. The molecule has 33 heavy (non-hydrogen) atoms. The van der Waals surface area contributed by atoms with Crippen molar-refractivity contribution in [1.82, 2.24) is 4.98 Å². The number of benzene rings is 1. The van der Waals surface area contributed by atoms with Crippen LogP contribution < -0.4 is 4.90 Å². The Morgan fingerprint density at radius 2 is 1.94 bits per heavy atom. The number of hydrogen-bond acceptors (Lipinski definition) is 4. The molecule has 4 atom stereocenters. The molecule has 1 aliphatic heterocycles. The third kappa shape index (κ3) is 6.87. The fourth-order valence-electron chi connectivity index (χ4n) is 5.68. The van der Waals surface area contributed by atoms with Crippen molar-refractivity contribution in [3.05, 3.63) is 66.4 Å². The third-order valence-corrected chi connectivity index (χ3v) is 7.38. The van der Waals surface area contributed by atoms with Gasteiger partial charge in [-0.25, -0.2) is 4.98 Å². The maximum atomic E-state index is 8.00. The predicted octanol–water partition coefficient (Wildman–Crippen LogP) is 4.59. The van der Waals surface area contributed by atoms with Crippen LogP contribution in [0.1, 0.15) is 75.0 Å². The van der Waals surface area contributed by atoms with E-state index in [1.165, 1.54) is 62.0 Å². The lowest BCUT2D eigenvalue weighted by molar-refractivity contribution is -0.924. The number of aromatic nitrogens is 1. The van der Waals surface area contributed by atoms with Crippen LogP contribution in [0.15, 0.2) is 53.6 Å². The van der Waals surface area contributed by atoms with Gasteiger partial charge in [0.05, 0.1) is 25.3 Å². The van der Waals surface area contributed by atoms with Gasteiger partial charge in [-0.1, -0.05) is 69.0 Å². The number of quaternary nitrogens is 1. The molecule has 1 aromatic carbocycles. The number of hydrogen-bond donors (Lipinski definition) is 1. The van der Waals surface area contributed by atoms with Crippen LogP contribution in [0.2, 0.25) is 0 Å². The van der Waals surface area contributed by atoms with E-state index in [1.54, 1.807) is 0 Å². The van der Waals surface area contributed by atoms with E-state index in [9.17, 15) is 0 Å². The first-order valence-electron chi connectivity index (χ1n) is 12.6. The second-order valence-corrected chi connectivity index (χ2v) is 9.45. The first-order chi connectivity index (χ1) is 16.3. The van der Waals surface area contributed by atoms with E-state index in [-0.39, 0.29) is 5.92 Å². The number of carbonyl (C=O) groups excluding carboxylic acids is 1. The molecule has 1 aliphatic carbocycles. The van der Waals surface area contributed by atoms with Crippen molar-refractivity contribution in [3.63, 3.8) is 0 Å². The fourth-order valence-corrected chi connectivity index (χ4v) is 5.68. The highest BCUT2D eigenvalue weighted by Crippen LogP contribution is 2.40. The molecule has 5 heteroatoms. The summed E-state index contributed by atoms with van der Waals surface area (Å²) >= 11 is 0. The zero-order valence-corrected chi connectivity index (χ0v) is 20.2. The van der Waals surface area contributed by atoms with Crippen molar-refractivity contribution in [2.24, 2.45) is 11.8 Å². The van der Waals surface area contributed by atoms with Crippen molar-refractivity contribution in [2.45, 2.75) is 70.4 Å². The molecule has 4 unspecified atom stereocenters. The molecular weight excluding hydrogens is 412 g/mol. The normalized spacial score (nSPS) is 24.5. The van der Waals surface area contributed by atoms with Gasteiger partial charge in [0.2, 0.25) is 5.89 Å². The molecule has 1 saturated heterocycles. The molecule has 2 fully saturated rings. The Morgan fingerprint density at radius 3 is 2.64 bits per heavy atom. The van der Waals surface area contributed by atoms with Gasteiger partial charge in [-0.05, 0) is 30.2 Å². The summed E-state index contributed by atoms with van der Waals surface area (Å²) in [6, 6.07) is 10.9. The zero-order valence-electron chi connectivity index (χ0n) is 20.2. The van der Waals surface area contributed by atoms with E-state index in [1.807, 2.05) is 19.1 Å². The molecule has 180 valence electrons. The Kier molecular flexibility index (Phi) is 10.4. The lowest BCUT2D eigenvalue weighted by Gasteiger charge is -2.35. The summed E-state index contributed by atoms with van der Waals surface area (Å²) in [5, 5.41) is 0. The first kappa shape index (κ1) is 25.4. The molecule has 0 radical (unpaired) electrons. The Balaban J connectivity index is 0.00000149. The quantitative estimate of drug-likeness (QED) is 0.565. The number of nitrogens with one attached hydrogen (secondary N) is 1. The van der Waals surface area contributed by atoms with Crippen molar-refractivity contribution in [3.8, 4) is 0 Å². The number of likely N-dealkylation sites (tertiary alicyclic amines) is 1. The summed E-state index contributed by atoms with van der Waals surface area (Å²) in [6.07, 6.45) is 13.1. The molecule has 0 amide bonds. The molecule has 5 nitrogen and oxygen atoms in total. The Hall–Kier alpha value is -2.24. The van der Waals surface area contributed by atoms with Gasteiger partial charge in [0.15, 0.2) is 5.76 Å². The highest BCUT2D eigenvalue weighted by molar-refractivity contribution is 5.26. The minimum Gasteiger partial charge on any atom is -0.439 e. The number of rotatable bonds is 9. The summed E-state index contributed by atoms with van der Waals surface area (Å²) in [6.45, 7) is 11.8. The van der Waals surface area contributed by atoms with E-state index in [0.717, 1.165) is 24.7 Å². The van der Waals surface area contributed by atoms with E-state index in [4.69, 9.17) is 18.9 Å². The maximum absolute atomic E-state index is 8.00. The number of oxazole rings is 1. The molecular formula is C28H41N2O3+. The Labute approximate surface area is 199 Å². The van der Waals surface area contributed by atoms with Crippen LogP contribution in [0.3, 0.4) is 0 Å². The minimum atomic E-state index is 0.278. The Bertz CT molecular complexity index is 816. The second kappa shape index (κ2) is 13.5. The number of nitrogens with zero attached hydrogens (tertiary/aromatic N) is 1. The van der Waals surface area contributed by atoms with Gasteiger partial charge in [-0.2, -0.15) is 0 Å². The Morgan fingerprint density at radius 1 is 1.18 bits per heavy atom. The summed E-state index contributed by atoms with van der Waals surface area (Å²) in [4.78, 5) is 14.3. The monoisotopic (exact) mass is 453 g/mol. The van der Waals surface area contributed by atoms with Crippen molar-refractivity contribution < 1.29 is 18.8 Å². The molecule has 2 aromatic rings. The van der Waals surface area contributed by atoms with Crippen LogP contribution in [0.5, 0.6) is 0 Å². The van der Waals surface area contributed by atoms with Crippen LogP contribution in [0, 0.1) is 11.8 Å². The van der Waals surface area contributed by atoms with E-state index >= 15 is 0 Å². The highest BCUT2D eigenvalue weighted by Gasteiger charge is 2.33. The summed E-state index contributed by atoms with van der Waals surface area (Å²) in [5.41, 5.74) is 1.34. The molecule has 1 aromatic heterocycles. The molecule has 4 rings (SSSR count). The summed E-state index contributed by atoms with van der Waals surface area (Å²) < 4.78 is 12.5. The average molecular weight is 454 g/mol. The maximum Gasteiger partial charge on any atom is 0.202 e. The van der Waals surface area contributed by atoms with E-state index < -0.39 is 0 Å². The smallest absolute Gasteiger partial charge is 0.202 e. The molecule has 0 bridgehead atoms. The summed E-state index contributed by atoms with van der Waals surface area (Å²) in [7, 11) is 0. The minimum absolute atomic E-state index is 0.278. The predicted molar refractivity (Wildman–Crippen MR) is 131 cm³/mol. The SMILES string of the molecule is C=CCOC1C[NH+](Cc2cnc(C(c3ccccc3)C3CCCCC3)o2)CCC1CC.C=O. The standard InChI is InChI=1S/C27H38N2O2.CH2O/c1-3-17-30-25-20-29(16-15-21(25)4-2)19-24-18-28-27(31-24)26(22-11-7-5-8-12-22)23-13-9-6-10-14-23;1-2/h3,5,7-8,11-12,18,21,23,25-26H,1,4,6,9-10,13-17,19-20H2,2H3;1H2/p+1. The van der Waals surface area contributed by atoms with Gasteiger partial charge in [0.25, 0.3) is 0 Å². The van der Waals surface area contributed by atoms with Crippen molar-refractivity contribution >= 4 is 6.79 Å². The lowest BCUT2D eigenvalue weighted by atomic mass is 9.77. The van der Waals surface area contributed by atoms with Crippen LogP contribution in [0.4, 0.5) is 0 Å². The van der Waals surface area contributed by atoms with E-state index in [0.29, 0.717) is 24.5 Å². The van der Waals surface area contributed by atoms with Crippen molar-refractivity contribution in [1.29, 1.82) is 0 Å². The van der Waals surface area contributed by atoms with Gasteiger partial charge in [-0.15, -0.1) is 6.58 Å². The van der Waals surface area contributed by atoms with Gasteiger partial charge < -0.3 is 18.8 Å². The second-order valence-electron chi connectivity index (χ2n) is 9.45. The topological polar surface area (TPSA) is 56.8 Å². The molecule has 2 heterocycles. The molecule has 0 spiro atoms. The van der Waals surface area contributed by atoms with Crippen molar-refractivity contribution in [2.75, 3.05) is 19.7 Å². The van der Waals surface area contributed by atoms with Gasteiger partial charge >= 0.3 is 0 Å². The number of ether oxygens (including phenoxy) is 1. The zero-order chi connectivity index (χ0) is 23.5. The van der Waals surface area contributed by atoms with Gasteiger partial charge in [0, 0.05) is 6.42 Å². The molecule has 1 N–H and O–H groups in total. The first-order valence-corrected chi connectivity index (χ1v) is 12.6. The molecule has 1 saturated carbocycles. The summed E-state index contributed by atoms with van der Waals surface area (Å²) in [5.74, 6) is 3.49. The van der Waals surface area contributed by atoms with Crippen LogP contribution in [-0.4, -0.2) is 37.6 Å². The highest BCUT2D eigenvalue weighted by atomic mass is 16.5. The fraction of sp³-hybridized carbons (Fsp3) is 0.571. The largest absolute Gasteiger partial charge is 0.439 e.